The fourth-order valence-corrected chi connectivity index (χ4v) is 3.38. The van der Waals surface area contributed by atoms with Gasteiger partial charge in [-0.1, -0.05) is 18.2 Å². The van der Waals surface area contributed by atoms with Gasteiger partial charge < -0.3 is 15.2 Å². The van der Waals surface area contributed by atoms with Crippen molar-refractivity contribution in [3.8, 4) is 0 Å². The summed E-state index contributed by atoms with van der Waals surface area (Å²) < 4.78 is 40.1. The Hall–Kier alpha value is -2.15. The number of hydrogen-bond donors (Lipinski definition) is 2. The largest absolute Gasteiger partial charge is 0.416 e. The van der Waals surface area contributed by atoms with Crippen LogP contribution in [-0.2, 0) is 32.7 Å². The third-order valence-electron chi connectivity index (χ3n) is 4.54. The number of nitrogens with zero attached hydrogens (tertiary/aromatic N) is 4. The van der Waals surface area contributed by atoms with E-state index in [0.717, 1.165) is 30.2 Å². The van der Waals surface area contributed by atoms with E-state index in [1.165, 1.54) is 17.0 Å². The molecule has 3 aromatic rings. The molecule has 6 nitrogen and oxygen atoms in total. The van der Waals surface area contributed by atoms with Gasteiger partial charge in [0.2, 0.25) is 0 Å². The maximum Gasteiger partial charge on any atom is 0.416 e. The minimum Gasteiger partial charge on any atom is -0.356 e. The van der Waals surface area contributed by atoms with Crippen molar-refractivity contribution >= 4 is 41.3 Å². The first-order chi connectivity index (χ1) is 14.3. The Morgan fingerprint density at radius 2 is 1.87 bits per heavy atom. The highest BCUT2D eigenvalue weighted by Gasteiger charge is 2.29. The Kier molecular flexibility index (Phi) is 9.29. The highest BCUT2D eigenvalue weighted by molar-refractivity contribution is 14.0. The number of aliphatic imine (C=N–C) groups is 1. The van der Waals surface area contributed by atoms with E-state index < -0.39 is 11.7 Å². The topological polar surface area (TPSA) is 67.1 Å². The van der Waals surface area contributed by atoms with Gasteiger partial charge in [0, 0.05) is 18.5 Å². The van der Waals surface area contributed by atoms with Gasteiger partial charge in [-0.25, -0.2) is 4.99 Å². The van der Waals surface area contributed by atoms with Crippen molar-refractivity contribution in [3.63, 3.8) is 0 Å². The Morgan fingerprint density at radius 3 is 2.45 bits per heavy atom. The number of rotatable bonds is 7. The van der Waals surface area contributed by atoms with Gasteiger partial charge in [-0.05, 0) is 42.5 Å². The minimum absolute atomic E-state index is 0. The van der Waals surface area contributed by atoms with Crippen LogP contribution in [0, 0.1) is 6.92 Å². The van der Waals surface area contributed by atoms with Gasteiger partial charge in [-0.2, -0.15) is 13.2 Å². The number of aryl methyl sites for hydroxylation is 1. The molecule has 0 aliphatic carbocycles. The average Bonchev–Trinajstić information content (AvgIpc) is 3.34. The van der Waals surface area contributed by atoms with Gasteiger partial charge in [0.15, 0.2) is 11.8 Å². The molecular weight excluding hydrogens is 540 g/mol. The number of nitrogens with one attached hydrogen (secondary N) is 2. The molecule has 0 saturated carbocycles. The summed E-state index contributed by atoms with van der Waals surface area (Å²) in [5.41, 5.74) is 0.0252. The third-order valence-corrected chi connectivity index (χ3v) is 5.48. The Labute approximate surface area is 200 Å². The monoisotopic (exact) mass is 564 g/mol. The van der Waals surface area contributed by atoms with E-state index in [9.17, 15) is 13.2 Å². The second-order valence-electron chi connectivity index (χ2n) is 6.69. The van der Waals surface area contributed by atoms with Crippen LogP contribution in [0.3, 0.4) is 0 Å². The van der Waals surface area contributed by atoms with Crippen LogP contribution in [0.25, 0.3) is 0 Å². The molecule has 2 N–H and O–H groups in total. The van der Waals surface area contributed by atoms with Gasteiger partial charge in [0.1, 0.15) is 5.82 Å². The summed E-state index contributed by atoms with van der Waals surface area (Å²) in [6, 6.07) is 9.12. The van der Waals surface area contributed by atoms with Crippen LogP contribution < -0.4 is 10.6 Å². The molecule has 0 aliphatic heterocycles. The van der Waals surface area contributed by atoms with E-state index in [1.807, 2.05) is 30.0 Å². The Balaban J connectivity index is 0.00000341. The molecule has 1 aromatic carbocycles. The normalized spacial score (nSPS) is 11.8. The fourth-order valence-electron chi connectivity index (χ4n) is 2.67. The number of alkyl halides is 3. The van der Waals surface area contributed by atoms with Gasteiger partial charge >= 0.3 is 6.18 Å². The van der Waals surface area contributed by atoms with Gasteiger partial charge in [-0.3, -0.25) is 0 Å². The van der Waals surface area contributed by atoms with Crippen molar-refractivity contribution in [2.24, 2.45) is 12.0 Å². The molecule has 2 aromatic heterocycles. The van der Waals surface area contributed by atoms with Crippen molar-refractivity contribution in [1.29, 1.82) is 0 Å². The van der Waals surface area contributed by atoms with Crippen molar-refractivity contribution in [2.75, 3.05) is 6.54 Å². The van der Waals surface area contributed by atoms with Crippen LogP contribution in [0.15, 0.2) is 46.8 Å². The van der Waals surface area contributed by atoms with Gasteiger partial charge in [-0.15, -0.1) is 45.5 Å². The minimum atomic E-state index is -4.34. The molecule has 0 saturated heterocycles. The lowest BCUT2D eigenvalue weighted by Crippen LogP contribution is -2.38. The first-order valence-corrected chi connectivity index (χ1v) is 10.3. The summed E-state index contributed by atoms with van der Waals surface area (Å²) in [5, 5.41) is 16.7. The fraction of sp³-hybridized carbons (Fsp3) is 0.350. The number of benzene rings is 1. The number of thiophene rings is 1. The van der Waals surface area contributed by atoms with Crippen molar-refractivity contribution in [1.82, 2.24) is 25.4 Å². The molecule has 2 heterocycles. The Morgan fingerprint density at radius 1 is 1.13 bits per heavy atom. The average molecular weight is 564 g/mol. The lowest BCUT2D eigenvalue weighted by Gasteiger charge is -2.12. The van der Waals surface area contributed by atoms with Crippen LogP contribution in [-0.4, -0.2) is 27.3 Å². The van der Waals surface area contributed by atoms with E-state index >= 15 is 0 Å². The molecule has 0 amide bonds. The predicted octanol–water partition coefficient (Wildman–Crippen LogP) is 4.30. The third kappa shape index (κ3) is 7.49. The maximum atomic E-state index is 12.7. The van der Waals surface area contributed by atoms with E-state index in [-0.39, 0.29) is 30.5 Å². The zero-order valence-electron chi connectivity index (χ0n) is 17.1. The summed E-state index contributed by atoms with van der Waals surface area (Å²) in [6.07, 6.45) is -3.49. The number of guanidine groups is 1. The molecule has 0 spiro atoms. The molecule has 0 fully saturated rings. The van der Waals surface area contributed by atoms with Crippen LogP contribution in [0.5, 0.6) is 0 Å². The lowest BCUT2D eigenvalue weighted by molar-refractivity contribution is -0.137. The van der Waals surface area contributed by atoms with Crippen LogP contribution in [0.4, 0.5) is 13.2 Å². The molecule has 31 heavy (non-hydrogen) atoms. The summed E-state index contributed by atoms with van der Waals surface area (Å²) in [7, 11) is 1.88. The molecule has 0 unspecified atom stereocenters. The highest BCUT2D eigenvalue weighted by Crippen LogP contribution is 2.29. The first kappa shape index (κ1) is 25.1. The van der Waals surface area contributed by atoms with Crippen LogP contribution >= 0.6 is 35.3 Å². The van der Waals surface area contributed by atoms with E-state index in [0.29, 0.717) is 24.6 Å². The lowest BCUT2D eigenvalue weighted by atomic mass is 10.1. The SMILES string of the molecule is Cc1nnc(CNC(=NCc2ccc(C(F)(F)F)cc2)NCCc2cccs2)n1C.I. The Bertz CT molecular complexity index is 968. The number of hydrogen-bond acceptors (Lipinski definition) is 4. The number of aromatic nitrogens is 3. The molecule has 168 valence electrons. The van der Waals surface area contributed by atoms with Crippen molar-refractivity contribution < 1.29 is 13.2 Å². The molecule has 3 rings (SSSR count). The molecule has 11 heteroatoms. The second kappa shape index (κ2) is 11.5. The molecular formula is C20H24F3IN6S. The van der Waals surface area contributed by atoms with Gasteiger partial charge in [0.05, 0.1) is 18.7 Å². The molecule has 0 bridgehead atoms. The highest BCUT2D eigenvalue weighted by atomic mass is 127. The predicted molar refractivity (Wildman–Crippen MR) is 127 cm³/mol. The van der Waals surface area contributed by atoms with Crippen LogP contribution in [0.1, 0.15) is 27.7 Å². The standard InChI is InChI=1S/C20H23F3N6S.HI/c1-14-27-28-18(29(14)2)13-26-19(24-10-9-17-4-3-11-30-17)25-12-15-5-7-16(8-6-15)20(21,22)23;/h3-8,11H,9-10,12-13H2,1-2H3,(H2,24,25,26);1H. The van der Waals surface area contributed by atoms with E-state index in [4.69, 9.17) is 0 Å². The summed E-state index contributed by atoms with van der Waals surface area (Å²) in [5.74, 6) is 2.13. The second-order valence-corrected chi connectivity index (χ2v) is 7.72. The van der Waals surface area contributed by atoms with E-state index in [1.54, 1.807) is 11.3 Å². The number of halogens is 4. The van der Waals surface area contributed by atoms with Crippen molar-refractivity contribution in [2.45, 2.75) is 32.6 Å². The summed E-state index contributed by atoms with van der Waals surface area (Å²) in [4.78, 5) is 5.77. The summed E-state index contributed by atoms with van der Waals surface area (Å²) in [6.45, 7) is 3.23. The maximum absolute atomic E-state index is 12.7. The van der Waals surface area contributed by atoms with Gasteiger partial charge in [0.25, 0.3) is 0 Å². The molecule has 0 radical (unpaired) electrons. The molecule has 0 atom stereocenters. The summed E-state index contributed by atoms with van der Waals surface area (Å²) >= 11 is 1.69. The zero-order valence-corrected chi connectivity index (χ0v) is 20.3. The van der Waals surface area contributed by atoms with Crippen LogP contribution in [0.2, 0.25) is 0 Å². The first-order valence-electron chi connectivity index (χ1n) is 9.38. The quantitative estimate of drug-likeness (QED) is 0.255. The van der Waals surface area contributed by atoms with E-state index in [2.05, 4.69) is 31.9 Å². The van der Waals surface area contributed by atoms with Crippen molar-refractivity contribution in [3.05, 3.63) is 69.4 Å². The smallest absolute Gasteiger partial charge is 0.356 e. The molecule has 0 aliphatic rings. The zero-order chi connectivity index (χ0) is 21.6.